The summed E-state index contributed by atoms with van der Waals surface area (Å²) in [5.74, 6) is 1.39. The average molecular weight is 522 g/mol. The van der Waals surface area contributed by atoms with Crippen molar-refractivity contribution >= 4 is 22.7 Å². The minimum Gasteiger partial charge on any atom is -0.489 e. The van der Waals surface area contributed by atoms with Crippen molar-refractivity contribution in [1.82, 2.24) is 19.3 Å². The number of rotatable bonds is 7. The molecule has 0 spiro atoms. The Morgan fingerprint density at radius 3 is 2.35 bits per heavy atom. The largest absolute Gasteiger partial charge is 0.489 e. The summed E-state index contributed by atoms with van der Waals surface area (Å²) >= 11 is 0. The van der Waals surface area contributed by atoms with E-state index in [-0.39, 0.29) is 0 Å². The molecule has 194 valence electrons. The lowest BCUT2D eigenvalue weighted by molar-refractivity contribution is 0.306. The van der Waals surface area contributed by atoms with Crippen LogP contribution in [0.4, 0.5) is 0 Å². The van der Waals surface area contributed by atoms with Crippen LogP contribution in [-0.4, -0.2) is 19.3 Å². The highest BCUT2D eigenvalue weighted by atomic mass is 16.5. The van der Waals surface area contributed by atoms with Gasteiger partial charge in [0.25, 0.3) is 0 Å². The van der Waals surface area contributed by atoms with Crippen LogP contribution in [0.15, 0.2) is 109 Å². The van der Waals surface area contributed by atoms with E-state index >= 15 is 0 Å². The van der Waals surface area contributed by atoms with Gasteiger partial charge in [0.15, 0.2) is 5.82 Å². The van der Waals surface area contributed by atoms with E-state index < -0.39 is 0 Å². The summed E-state index contributed by atoms with van der Waals surface area (Å²) < 4.78 is 9.81. The topological polar surface area (TPSA) is 68.7 Å². The second-order valence-corrected chi connectivity index (χ2v) is 9.66. The van der Waals surface area contributed by atoms with Gasteiger partial charge in [0, 0.05) is 24.4 Å². The maximum absolute atomic E-state index is 10.2. The fourth-order valence-electron chi connectivity index (χ4n) is 4.68. The molecule has 0 fully saturated rings. The molecule has 2 aromatic heterocycles. The number of hydrogen-bond acceptors (Lipinski definition) is 4. The molecule has 0 saturated carbocycles. The zero-order valence-corrected chi connectivity index (χ0v) is 22.3. The van der Waals surface area contributed by atoms with E-state index in [1.165, 1.54) is 5.56 Å². The second kappa shape index (κ2) is 10.8. The molecule has 6 aromatic rings. The van der Waals surface area contributed by atoms with E-state index in [2.05, 4.69) is 37.3 Å². The zero-order chi connectivity index (χ0) is 27.5. The standard InChI is InChI=1S/C34H27N5O/c1-24-12-14-25(15-13-24)23-40-30-18-16-26(17-19-30)33-28(22-39(37-33)29-8-4-3-5-9-29)20-27(21-35)34-36-31-10-6-7-11-32(31)38(34)2/h3-20,22H,23H2,1-2H3. The summed E-state index contributed by atoms with van der Waals surface area (Å²) in [5.41, 5.74) is 8.07. The van der Waals surface area contributed by atoms with Gasteiger partial charge in [-0.05, 0) is 67.1 Å². The van der Waals surface area contributed by atoms with Gasteiger partial charge in [0.05, 0.1) is 28.0 Å². The number of nitrogens with zero attached hydrogens (tertiary/aromatic N) is 5. The van der Waals surface area contributed by atoms with Crippen molar-refractivity contribution in [1.29, 1.82) is 5.26 Å². The Bertz CT molecular complexity index is 1850. The smallest absolute Gasteiger partial charge is 0.151 e. The highest BCUT2D eigenvalue weighted by Gasteiger charge is 2.16. The molecule has 0 radical (unpaired) electrons. The van der Waals surface area contributed by atoms with Crippen LogP contribution in [0.25, 0.3) is 39.6 Å². The third kappa shape index (κ3) is 5.01. The van der Waals surface area contributed by atoms with Gasteiger partial charge in [-0.25, -0.2) is 9.67 Å². The number of fused-ring (bicyclic) bond motifs is 1. The molecule has 2 heterocycles. The third-order valence-corrected chi connectivity index (χ3v) is 6.87. The normalized spacial score (nSPS) is 11.5. The number of hydrogen-bond donors (Lipinski definition) is 0. The maximum atomic E-state index is 10.2. The molecule has 6 nitrogen and oxygen atoms in total. The molecule has 6 rings (SSSR count). The molecule has 0 saturated heterocycles. The fraction of sp³-hybridized carbons (Fsp3) is 0.0882. The van der Waals surface area contributed by atoms with Crippen LogP contribution in [0.3, 0.4) is 0 Å². The van der Waals surface area contributed by atoms with Crippen LogP contribution in [0.2, 0.25) is 0 Å². The SMILES string of the molecule is Cc1ccc(COc2ccc(-c3nn(-c4ccccc4)cc3C=C(C#N)c3nc4ccccc4n3C)cc2)cc1. The molecule has 0 aliphatic carbocycles. The van der Waals surface area contributed by atoms with Gasteiger partial charge < -0.3 is 9.30 Å². The number of ether oxygens (including phenoxy) is 1. The average Bonchev–Trinajstić information content (AvgIpc) is 3.57. The van der Waals surface area contributed by atoms with Gasteiger partial charge in [-0.1, -0.05) is 60.2 Å². The Hall–Kier alpha value is -5.41. The molecular formula is C34H27N5O. The molecule has 0 N–H and O–H groups in total. The van der Waals surface area contributed by atoms with Crippen molar-refractivity contribution in [2.75, 3.05) is 0 Å². The van der Waals surface area contributed by atoms with Gasteiger partial charge in [-0.3, -0.25) is 0 Å². The fourth-order valence-corrected chi connectivity index (χ4v) is 4.68. The Morgan fingerprint density at radius 1 is 0.900 bits per heavy atom. The van der Waals surface area contributed by atoms with Gasteiger partial charge in [-0.15, -0.1) is 0 Å². The molecule has 0 aliphatic rings. The minimum absolute atomic E-state index is 0.464. The molecular weight excluding hydrogens is 494 g/mol. The van der Waals surface area contributed by atoms with E-state index in [0.29, 0.717) is 18.0 Å². The first kappa shape index (κ1) is 24.9. The summed E-state index contributed by atoms with van der Waals surface area (Å²) in [4.78, 5) is 4.74. The van der Waals surface area contributed by atoms with Crippen LogP contribution >= 0.6 is 0 Å². The van der Waals surface area contributed by atoms with Crippen LogP contribution in [0.1, 0.15) is 22.5 Å². The van der Waals surface area contributed by atoms with Crippen molar-refractivity contribution in [2.45, 2.75) is 13.5 Å². The first-order valence-corrected chi connectivity index (χ1v) is 13.1. The Balaban J connectivity index is 1.37. The zero-order valence-electron chi connectivity index (χ0n) is 22.3. The van der Waals surface area contributed by atoms with Gasteiger partial charge >= 0.3 is 0 Å². The third-order valence-electron chi connectivity index (χ3n) is 6.87. The molecule has 6 heteroatoms. The van der Waals surface area contributed by atoms with Crippen LogP contribution in [0.5, 0.6) is 5.75 Å². The van der Waals surface area contributed by atoms with Gasteiger partial charge in [0.2, 0.25) is 0 Å². The van der Waals surface area contributed by atoms with E-state index in [4.69, 9.17) is 14.8 Å². The first-order valence-electron chi connectivity index (χ1n) is 13.1. The summed E-state index contributed by atoms with van der Waals surface area (Å²) in [6, 6.07) is 36.4. The molecule has 0 bridgehead atoms. The highest BCUT2D eigenvalue weighted by molar-refractivity contribution is 5.93. The number of benzene rings is 4. The number of para-hydroxylation sites is 3. The van der Waals surface area contributed by atoms with Gasteiger partial charge in [-0.2, -0.15) is 10.4 Å². The lowest BCUT2D eigenvalue weighted by Crippen LogP contribution is -1.96. The summed E-state index contributed by atoms with van der Waals surface area (Å²) in [7, 11) is 1.93. The lowest BCUT2D eigenvalue weighted by atomic mass is 10.1. The van der Waals surface area contributed by atoms with Crippen molar-refractivity contribution in [3.63, 3.8) is 0 Å². The van der Waals surface area contributed by atoms with Crippen molar-refractivity contribution in [3.05, 3.63) is 132 Å². The molecule has 4 aromatic carbocycles. The van der Waals surface area contributed by atoms with E-state index in [0.717, 1.165) is 44.9 Å². The van der Waals surface area contributed by atoms with Gasteiger partial charge in [0.1, 0.15) is 18.4 Å². The predicted octanol–water partition coefficient (Wildman–Crippen LogP) is 7.38. The molecule has 0 atom stereocenters. The van der Waals surface area contributed by atoms with Crippen molar-refractivity contribution in [3.8, 4) is 28.8 Å². The Morgan fingerprint density at radius 2 is 1.62 bits per heavy atom. The molecule has 0 aliphatic heterocycles. The molecule has 0 amide bonds. The maximum Gasteiger partial charge on any atom is 0.151 e. The van der Waals surface area contributed by atoms with E-state index in [1.807, 2.05) is 107 Å². The van der Waals surface area contributed by atoms with Crippen LogP contribution < -0.4 is 4.74 Å². The van der Waals surface area contributed by atoms with Crippen LogP contribution in [-0.2, 0) is 13.7 Å². The Labute approximate surface area is 233 Å². The summed E-state index contributed by atoms with van der Waals surface area (Å²) in [6.45, 7) is 2.57. The number of aromatic nitrogens is 4. The highest BCUT2D eigenvalue weighted by Crippen LogP contribution is 2.30. The lowest BCUT2D eigenvalue weighted by Gasteiger charge is -2.08. The van der Waals surface area contributed by atoms with E-state index in [9.17, 15) is 5.26 Å². The van der Waals surface area contributed by atoms with Crippen molar-refractivity contribution in [2.24, 2.45) is 7.05 Å². The minimum atomic E-state index is 0.464. The van der Waals surface area contributed by atoms with Crippen LogP contribution in [0, 0.1) is 18.3 Å². The number of nitriles is 1. The summed E-state index contributed by atoms with van der Waals surface area (Å²) in [5, 5.41) is 15.1. The number of imidazole rings is 1. The second-order valence-electron chi connectivity index (χ2n) is 9.66. The molecule has 40 heavy (non-hydrogen) atoms. The Kier molecular flexibility index (Phi) is 6.70. The number of aryl methyl sites for hydroxylation is 2. The monoisotopic (exact) mass is 521 g/mol. The predicted molar refractivity (Wildman–Crippen MR) is 159 cm³/mol. The van der Waals surface area contributed by atoms with E-state index in [1.54, 1.807) is 0 Å². The summed E-state index contributed by atoms with van der Waals surface area (Å²) in [6.07, 6.45) is 3.82. The molecule has 0 unspecified atom stereocenters. The van der Waals surface area contributed by atoms with Crippen molar-refractivity contribution < 1.29 is 4.74 Å². The number of allylic oxidation sites excluding steroid dienone is 1. The first-order chi connectivity index (χ1) is 19.6. The quantitative estimate of drug-likeness (QED) is 0.206.